The van der Waals surface area contributed by atoms with Crippen molar-refractivity contribution in [1.82, 2.24) is 0 Å². The van der Waals surface area contributed by atoms with Gasteiger partial charge in [0.1, 0.15) is 0 Å². The minimum absolute atomic E-state index is 0.0337. The molecule has 2 N–H and O–H groups in total. The quantitative estimate of drug-likeness (QED) is 0.311. The third kappa shape index (κ3) is 5.61. The lowest BCUT2D eigenvalue weighted by molar-refractivity contribution is 0.141. The Hall–Kier alpha value is -2.31. The normalized spacial score (nSPS) is 10.5. The molecule has 0 atom stereocenters. The van der Waals surface area contributed by atoms with Crippen LogP contribution in [0.15, 0.2) is 0 Å². The number of carboxylic acid groups (broad SMARTS) is 1. The molecule has 1 aromatic carbocycles. The van der Waals surface area contributed by atoms with E-state index in [-0.39, 0.29) is 29.6 Å². The number of phenols is 1. The van der Waals surface area contributed by atoms with Gasteiger partial charge in [-0.2, -0.15) is 0 Å². The molecule has 7 heteroatoms. The summed E-state index contributed by atoms with van der Waals surface area (Å²) in [5.41, 5.74) is 0.481. The fourth-order valence-corrected chi connectivity index (χ4v) is 2.70. The van der Waals surface area contributed by atoms with Gasteiger partial charge in [0, 0.05) is 5.56 Å². The fraction of sp³-hybridized carbons (Fsp3) is 0.632. The smallest absolute Gasteiger partial charge is 0.502 e. The predicted molar refractivity (Wildman–Crippen MR) is 98.1 cm³/mol. The summed E-state index contributed by atoms with van der Waals surface area (Å²) in [5, 5.41) is 19.7. The maximum atomic E-state index is 11.2. The zero-order valence-corrected chi connectivity index (χ0v) is 16.1. The summed E-state index contributed by atoms with van der Waals surface area (Å²) in [5.74, 6) is 0.141. The van der Waals surface area contributed by atoms with Crippen LogP contribution < -0.4 is 18.9 Å². The van der Waals surface area contributed by atoms with Crippen molar-refractivity contribution in [2.45, 2.75) is 59.8 Å². The van der Waals surface area contributed by atoms with Gasteiger partial charge < -0.3 is 29.2 Å². The van der Waals surface area contributed by atoms with Gasteiger partial charge in [-0.25, -0.2) is 4.79 Å². The second-order valence-electron chi connectivity index (χ2n) is 5.62. The van der Waals surface area contributed by atoms with Crippen molar-refractivity contribution in [3.05, 3.63) is 5.56 Å². The molecule has 0 aliphatic rings. The summed E-state index contributed by atoms with van der Waals surface area (Å²) >= 11 is 0. The van der Waals surface area contributed by atoms with Gasteiger partial charge in [-0.1, -0.05) is 26.2 Å². The lowest BCUT2D eigenvalue weighted by Gasteiger charge is -2.22. The third-order valence-electron chi connectivity index (χ3n) is 3.73. The van der Waals surface area contributed by atoms with E-state index in [1.165, 1.54) is 0 Å². The number of benzene rings is 1. The van der Waals surface area contributed by atoms with Crippen LogP contribution >= 0.6 is 0 Å². The van der Waals surface area contributed by atoms with E-state index in [0.29, 0.717) is 30.9 Å². The lowest BCUT2D eigenvalue weighted by atomic mass is 10.0. The highest BCUT2D eigenvalue weighted by molar-refractivity contribution is 5.73. The van der Waals surface area contributed by atoms with Gasteiger partial charge >= 0.3 is 6.16 Å². The molecular formula is C19H30O7. The van der Waals surface area contributed by atoms with Gasteiger partial charge in [-0.3, -0.25) is 0 Å². The Labute approximate surface area is 154 Å². The van der Waals surface area contributed by atoms with Crippen LogP contribution in [0.3, 0.4) is 0 Å². The SMILES string of the molecule is CCCCCCc1c(OC(=O)O)c(O)c(OCC)c(OCC)c1OCC. The van der Waals surface area contributed by atoms with Gasteiger partial charge in [0.25, 0.3) is 0 Å². The Morgan fingerprint density at radius 2 is 1.38 bits per heavy atom. The first-order valence-corrected chi connectivity index (χ1v) is 9.22. The molecule has 1 rings (SSSR count). The van der Waals surface area contributed by atoms with E-state index < -0.39 is 6.16 Å². The van der Waals surface area contributed by atoms with Gasteiger partial charge in [-0.15, -0.1) is 0 Å². The second kappa shape index (κ2) is 11.3. The van der Waals surface area contributed by atoms with E-state index >= 15 is 0 Å². The van der Waals surface area contributed by atoms with Crippen molar-refractivity contribution in [2.24, 2.45) is 0 Å². The van der Waals surface area contributed by atoms with Crippen molar-refractivity contribution in [3.63, 3.8) is 0 Å². The Morgan fingerprint density at radius 3 is 1.92 bits per heavy atom. The number of hydrogen-bond donors (Lipinski definition) is 2. The van der Waals surface area contributed by atoms with Crippen LogP contribution in [0.1, 0.15) is 58.9 Å². The summed E-state index contributed by atoms with van der Waals surface area (Å²) in [6.07, 6.45) is 2.92. The number of aromatic hydroxyl groups is 1. The van der Waals surface area contributed by atoms with E-state index in [0.717, 1.165) is 25.7 Å². The molecule has 0 spiro atoms. The monoisotopic (exact) mass is 370 g/mol. The van der Waals surface area contributed by atoms with Crippen LogP contribution in [0, 0.1) is 0 Å². The van der Waals surface area contributed by atoms with Gasteiger partial charge in [0.05, 0.1) is 19.8 Å². The van der Waals surface area contributed by atoms with E-state index in [4.69, 9.17) is 24.1 Å². The van der Waals surface area contributed by atoms with Crippen molar-refractivity contribution < 1.29 is 34.0 Å². The number of unbranched alkanes of at least 4 members (excludes halogenated alkanes) is 3. The Bertz CT molecular complexity index is 584. The molecule has 0 aromatic heterocycles. The molecule has 0 amide bonds. The highest BCUT2D eigenvalue weighted by Crippen LogP contribution is 2.53. The Kier molecular flexibility index (Phi) is 9.47. The summed E-state index contributed by atoms with van der Waals surface area (Å²) in [4.78, 5) is 11.2. The van der Waals surface area contributed by atoms with Crippen molar-refractivity contribution in [3.8, 4) is 28.7 Å². The molecule has 0 saturated carbocycles. The molecule has 148 valence electrons. The molecule has 0 aliphatic carbocycles. The Balaban J connectivity index is 3.53. The van der Waals surface area contributed by atoms with E-state index in [2.05, 4.69) is 6.92 Å². The van der Waals surface area contributed by atoms with Crippen molar-refractivity contribution in [2.75, 3.05) is 19.8 Å². The van der Waals surface area contributed by atoms with Crippen LogP contribution in [0.2, 0.25) is 0 Å². The second-order valence-corrected chi connectivity index (χ2v) is 5.62. The average Bonchev–Trinajstić information content (AvgIpc) is 2.60. The molecule has 0 heterocycles. The molecule has 0 bridgehead atoms. The molecule has 26 heavy (non-hydrogen) atoms. The van der Waals surface area contributed by atoms with Gasteiger partial charge in [0.2, 0.25) is 17.2 Å². The molecule has 0 saturated heterocycles. The zero-order chi connectivity index (χ0) is 19.5. The number of carbonyl (C=O) groups is 1. The molecular weight excluding hydrogens is 340 g/mol. The lowest BCUT2D eigenvalue weighted by Crippen LogP contribution is -2.11. The van der Waals surface area contributed by atoms with Crippen LogP contribution in [0.4, 0.5) is 4.79 Å². The first-order valence-electron chi connectivity index (χ1n) is 9.22. The summed E-state index contributed by atoms with van der Waals surface area (Å²) in [7, 11) is 0. The molecule has 0 unspecified atom stereocenters. The van der Waals surface area contributed by atoms with Crippen molar-refractivity contribution >= 4 is 6.16 Å². The summed E-state index contributed by atoms with van der Waals surface area (Å²) in [6.45, 7) is 8.46. The molecule has 1 aromatic rings. The standard InChI is InChI=1S/C19H30O7/c1-5-9-10-11-12-13-15(26-19(21)22)14(20)17(24-7-3)18(25-8-4)16(13)23-6-2/h20H,5-12H2,1-4H3,(H,21,22). The van der Waals surface area contributed by atoms with E-state index in [1.54, 1.807) is 6.92 Å². The average molecular weight is 370 g/mol. The van der Waals surface area contributed by atoms with E-state index in [9.17, 15) is 9.90 Å². The summed E-state index contributed by atoms with van der Waals surface area (Å²) in [6, 6.07) is 0. The van der Waals surface area contributed by atoms with Crippen LogP contribution in [0.25, 0.3) is 0 Å². The predicted octanol–water partition coefficient (Wildman–Crippen LogP) is 4.77. The van der Waals surface area contributed by atoms with E-state index in [1.807, 2.05) is 13.8 Å². The van der Waals surface area contributed by atoms with Crippen LogP contribution in [-0.2, 0) is 6.42 Å². The van der Waals surface area contributed by atoms with Gasteiger partial charge in [-0.05, 0) is 33.6 Å². The zero-order valence-electron chi connectivity index (χ0n) is 16.1. The first kappa shape index (κ1) is 21.7. The number of hydrogen-bond acceptors (Lipinski definition) is 6. The Morgan fingerprint density at radius 1 is 0.808 bits per heavy atom. The highest BCUT2D eigenvalue weighted by atomic mass is 16.7. The molecule has 7 nitrogen and oxygen atoms in total. The first-order chi connectivity index (χ1) is 12.5. The summed E-state index contributed by atoms with van der Waals surface area (Å²) < 4.78 is 21.8. The third-order valence-corrected chi connectivity index (χ3v) is 3.73. The number of rotatable bonds is 12. The topological polar surface area (TPSA) is 94.5 Å². The number of ether oxygens (including phenoxy) is 4. The van der Waals surface area contributed by atoms with Crippen molar-refractivity contribution in [1.29, 1.82) is 0 Å². The minimum Gasteiger partial charge on any atom is -0.502 e. The molecule has 0 radical (unpaired) electrons. The minimum atomic E-state index is -1.51. The molecule has 0 aliphatic heterocycles. The molecule has 0 fully saturated rings. The maximum absolute atomic E-state index is 11.2. The highest BCUT2D eigenvalue weighted by Gasteiger charge is 2.29. The van der Waals surface area contributed by atoms with Crippen LogP contribution in [0.5, 0.6) is 28.7 Å². The fourth-order valence-electron chi connectivity index (χ4n) is 2.70. The maximum Gasteiger partial charge on any atom is 0.511 e. The van der Waals surface area contributed by atoms with Crippen LogP contribution in [-0.4, -0.2) is 36.2 Å². The largest absolute Gasteiger partial charge is 0.511 e. The van der Waals surface area contributed by atoms with Gasteiger partial charge in [0.15, 0.2) is 11.5 Å². The number of phenolic OH excluding ortho intramolecular Hbond substituents is 1.